The molecule has 0 saturated heterocycles. The zero-order chi connectivity index (χ0) is 17.4. The predicted molar refractivity (Wildman–Crippen MR) is 108 cm³/mol. The van der Waals surface area contributed by atoms with Gasteiger partial charge in [0.2, 0.25) is 10.3 Å². The van der Waals surface area contributed by atoms with Crippen molar-refractivity contribution in [3.05, 3.63) is 51.5 Å². The molecule has 0 fully saturated rings. The Bertz CT molecular complexity index is 1020. The summed E-state index contributed by atoms with van der Waals surface area (Å²) in [6.07, 6.45) is 0. The summed E-state index contributed by atoms with van der Waals surface area (Å²) in [5, 5.41) is 18.1. The Labute approximate surface area is 165 Å². The van der Waals surface area contributed by atoms with Crippen LogP contribution in [0.15, 0.2) is 36.4 Å². The molecule has 25 heavy (non-hydrogen) atoms. The van der Waals surface area contributed by atoms with Crippen LogP contribution >= 0.6 is 57.5 Å². The van der Waals surface area contributed by atoms with Crippen LogP contribution < -0.4 is 10.6 Å². The van der Waals surface area contributed by atoms with Crippen molar-refractivity contribution in [1.29, 1.82) is 0 Å². The van der Waals surface area contributed by atoms with Crippen LogP contribution in [0.1, 0.15) is 0 Å². The van der Waals surface area contributed by atoms with E-state index in [-0.39, 0.29) is 0 Å². The fourth-order valence-corrected chi connectivity index (χ4v) is 4.27. The van der Waals surface area contributed by atoms with Crippen molar-refractivity contribution in [2.45, 2.75) is 0 Å². The number of thiazole rings is 1. The van der Waals surface area contributed by atoms with Crippen LogP contribution in [-0.2, 0) is 0 Å². The molecule has 0 saturated carbocycles. The lowest BCUT2D eigenvalue weighted by Crippen LogP contribution is -1.88. The van der Waals surface area contributed by atoms with Gasteiger partial charge in [0, 0.05) is 10.7 Å². The van der Waals surface area contributed by atoms with Crippen molar-refractivity contribution in [2.24, 2.45) is 0 Å². The summed E-state index contributed by atoms with van der Waals surface area (Å²) in [7, 11) is 0. The van der Waals surface area contributed by atoms with E-state index in [1.165, 1.54) is 22.7 Å². The number of hydrogen-bond acceptors (Lipinski definition) is 7. The Balaban J connectivity index is 1.53. The summed E-state index contributed by atoms with van der Waals surface area (Å²) in [6, 6.07) is 10.9. The van der Waals surface area contributed by atoms with Gasteiger partial charge in [0.15, 0.2) is 5.13 Å². The first-order valence-corrected chi connectivity index (χ1v) is 9.72. The monoisotopic (exact) mass is 427 g/mol. The van der Waals surface area contributed by atoms with Crippen LogP contribution in [0.2, 0.25) is 15.1 Å². The fourth-order valence-electron chi connectivity index (χ4n) is 2.08. The van der Waals surface area contributed by atoms with Gasteiger partial charge in [0.25, 0.3) is 0 Å². The summed E-state index contributed by atoms with van der Waals surface area (Å²) in [5.74, 6) is 0. The molecule has 0 spiro atoms. The standard InChI is InChI=1S/C15H8Cl3N5S2/c16-7-2-1-3-8(4-7)19-14-22-23-15(25-14)21-13-20-11-5-9(17)10(18)6-12(11)24-13/h1-6H,(H,19,22)(H,20,21,23). The van der Waals surface area contributed by atoms with Crippen LogP contribution in [0.25, 0.3) is 10.2 Å². The number of benzene rings is 2. The molecular formula is C15H8Cl3N5S2. The van der Waals surface area contributed by atoms with E-state index in [1.807, 2.05) is 24.3 Å². The summed E-state index contributed by atoms with van der Waals surface area (Å²) in [6.45, 7) is 0. The summed E-state index contributed by atoms with van der Waals surface area (Å²) in [5.41, 5.74) is 1.63. The van der Waals surface area contributed by atoms with Crippen molar-refractivity contribution in [1.82, 2.24) is 15.2 Å². The summed E-state index contributed by atoms with van der Waals surface area (Å²) < 4.78 is 0.943. The third kappa shape index (κ3) is 3.80. The van der Waals surface area contributed by atoms with Crippen LogP contribution in [0.3, 0.4) is 0 Å². The van der Waals surface area contributed by atoms with Gasteiger partial charge in [-0.15, -0.1) is 10.2 Å². The average molecular weight is 429 g/mol. The molecule has 0 atom stereocenters. The molecule has 4 aromatic rings. The quantitative estimate of drug-likeness (QED) is 0.383. The van der Waals surface area contributed by atoms with E-state index in [1.54, 1.807) is 12.1 Å². The SMILES string of the molecule is Clc1cccc(Nc2nnc(Nc3nc4cc(Cl)c(Cl)cc4s3)s2)c1. The maximum atomic E-state index is 6.04. The summed E-state index contributed by atoms with van der Waals surface area (Å²) in [4.78, 5) is 4.48. The third-order valence-corrected chi connectivity index (χ3v) is 5.79. The van der Waals surface area contributed by atoms with Crippen LogP contribution in [0.4, 0.5) is 21.1 Å². The topological polar surface area (TPSA) is 62.7 Å². The number of hydrogen-bond donors (Lipinski definition) is 2. The second-order valence-corrected chi connectivity index (χ2v) is 8.18. The fraction of sp³-hybridized carbons (Fsp3) is 0. The zero-order valence-corrected chi connectivity index (χ0v) is 16.2. The van der Waals surface area contributed by atoms with Crippen molar-refractivity contribution in [3.8, 4) is 0 Å². The number of halogens is 3. The highest BCUT2D eigenvalue weighted by atomic mass is 35.5. The number of fused-ring (bicyclic) bond motifs is 1. The molecule has 2 aromatic heterocycles. The lowest BCUT2D eigenvalue weighted by Gasteiger charge is -2.01. The van der Waals surface area contributed by atoms with Gasteiger partial charge >= 0.3 is 0 Å². The number of nitrogens with zero attached hydrogens (tertiary/aromatic N) is 3. The maximum Gasteiger partial charge on any atom is 0.213 e. The predicted octanol–water partition coefficient (Wildman–Crippen LogP) is 6.60. The molecule has 2 heterocycles. The van der Waals surface area contributed by atoms with Gasteiger partial charge in [-0.2, -0.15) is 0 Å². The molecule has 126 valence electrons. The van der Waals surface area contributed by atoms with E-state index in [0.717, 1.165) is 15.9 Å². The molecule has 2 N–H and O–H groups in total. The Hall–Kier alpha value is -1.64. The smallest absolute Gasteiger partial charge is 0.213 e. The molecule has 0 unspecified atom stereocenters. The van der Waals surface area contributed by atoms with Crippen molar-refractivity contribution < 1.29 is 0 Å². The first-order valence-electron chi connectivity index (χ1n) is 6.95. The largest absolute Gasteiger partial charge is 0.330 e. The van der Waals surface area contributed by atoms with E-state index >= 15 is 0 Å². The van der Waals surface area contributed by atoms with E-state index < -0.39 is 0 Å². The molecular weight excluding hydrogens is 421 g/mol. The van der Waals surface area contributed by atoms with Crippen molar-refractivity contribution in [2.75, 3.05) is 10.6 Å². The van der Waals surface area contributed by atoms with Crippen molar-refractivity contribution in [3.63, 3.8) is 0 Å². The van der Waals surface area contributed by atoms with Gasteiger partial charge in [-0.05, 0) is 30.3 Å². The highest BCUT2D eigenvalue weighted by molar-refractivity contribution is 7.23. The Morgan fingerprint density at radius 3 is 2.36 bits per heavy atom. The van der Waals surface area contributed by atoms with Gasteiger partial charge in [-0.1, -0.05) is 63.5 Å². The van der Waals surface area contributed by atoms with Gasteiger partial charge in [-0.3, -0.25) is 0 Å². The minimum atomic E-state index is 0.481. The Morgan fingerprint density at radius 1 is 0.800 bits per heavy atom. The number of rotatable bonds is 4. The van der Waals surface area contributed by atoms with Gasteiger partial charge in [0.05, 0.1) is 20.3 Å². The molecule has 0 radical (unpaired) electrons. The Morgan fingerprint density at radius 2 is 1.56 bits per heavy atom. The molecule has 5 nitrogen and oxygen atoms in total. The normalized spacial score (nSPS) is 11.0. The highest BCUT2D eigenvalue weighted by Crippen LogP contribution is 2.35. The van der Waals surface area contributed by atoms with Crippen LogP contribution in [0, 0.1) is 0 Å². The van der Waals surface area contributed by atoms with Gasteiger partial charge in [-0.25, -0.2) is 4.98 Å². The van der Waals surface area contributed by atoms with E-state index in [0.29, 0.717) is 30.5 Å². The molecule has 10 heteroatoms. The van der Waals surface area contributed by atoms with Crippen molar-refractivity contribution >= 4 is 88.8 Å². The molecule has 4 rings (SSSR count). The van der Waals surface area contributed by atoms with E-state index in [4.69, 9.17) is 34.8 Å². The minimum absolute atomic E-state index is 0.481. The lowest BCUT2D eigenvalue weighted by atomic mass is 10.3. The van der Waals surface area contributed by atoms with E-state index in [2.05, 4.69) is 25.8 Å². The first-order chi connectivity index (χ1) is 12.1. The molecule has 0 aliphatic rings. The first kappa shape index (κ1) is 16.8. The third-order valence-electron chi connectivity index (χ3n) is 3.15. The lowest BCUT2D eigenvalue weighted by molar-refractivity contribution is 1.09. The van der Waals surface area contributed by atoms with Gasteiger partial charge < -0.3 is 10.6 Å². The Kier molecular flexibility index (Phi) is 4.66. The zero-order valence-electron chi connectivity index (χ0n) is 12.3. The molecule has 0 aliphatic carbocycles. The molecule has 0 aliphatic heterocycles. The van der Waals surface area contributed by atoms with Crippen LogP contribution in [-0.4, -0.2) is 15.2 Å². The molecule has 0 bridgehead atoms. The average Bonchev–Trinajstić information content (AvgIpc) is 3.14. The van der Waals surface area contributed by atoms with Gasteiger partial charge in [0.1, 0.15) is 0 Å². The van der Waals surface area contributed by atoms with E-state index in [9.17, 15) is 0 Å². The number of anilines is 4. The second kappa shape index (κ2) is 6.93. The maximum absolute atomic E-state index is 6.04. The molecule has 2 aromatic carbocycles. The molecule has 0 amide bonds. The van der Waals surface area contributed by atoms with Crippen LogP contribution in [0.5, 0.6) is 0 Å². The summed E-state index contributed by atoms with van der Waals surface area (Å²) >= 11 is 20.9. The second-order valence-electron chi connectivity index (χ2n) is 4.93. The number of aromatic nitrogens is 3. The highest BCUT2D eigenvalue weighted by Gasteiger charge is 2.10. The minimum Gasteiger partial charge on any atom is -0.330 e. The number of nitrogens with one attached hydrogen (secondary N) is 2.